The van der Waals surface area contributed by atoms with Crippen LogP contribution >= 0.6 is 0 Å². The Bertz CT molecular complexity index is 189. The van der Waals surface area contributed by atoms with Crippen LogP contribution in [-0.4, -0.2) is 5.91 Å². The molecule has 0 heterocycles. The van der Waals surface area contributed by atoms with Gasteiger partial charge in [0.25, 0.3) is 0 Å². The van der Waals surface area contributed by atoms with Crippen LogP contribution in [-0.2, 0) is 4.79 Å². The summed E-state index contributed by atoms with van der Waals surface area (Å²) in [7, 11) is 0. The molecule has 2 heteroatoms. The van der Waals surface area contributed by atoms with Gasteiger partial charge in [-0.05, 0) is 37.0 Å². The summed E-state index contributed by atoms with van der Waals surface area (Å²) in [6, 6.07) is 0. The lowest BCUT2D eigenvalue weighted by Crippen LogP contribution is -2.32. The zero-order valence-electron chi connectivity index (χ0n) is 8.92. The summed E-state index contributed by atoms with van der Waals surface area (Å²) in [4.78, 5) is 11.0. The molecule has 0 aromatic heterocycles. The van der Waals surface area contributed by atoms with Gasteiger partial charge in [0.15, 0.2) is 0 Å². The zero-order chi connectivity index (χ0) is 10.0. The molecule has 1 amide bonds. The van der Waals surface area contributed by atoms with Gasteiger partial charge in [-0.1, -0.05) is 20.8 Å². The Hall–Kier alpha value is -0.530. The summed E-state index contributed by atoms with van der Waals surface area (Å²) in [6.07, 6.45) is 3.83. The monoisotopic (exact) mass is 183 g/mol. The first-order valence-corrected chi connectivity index (χ1v) is 5.49. The van der Waals surface area contributed by atoms with Crippen LogP contribution in [0.4, 0.5) is 0 Å². The molecule has 2 aliphatic carbocycles. The smallest absolute Gasteiger partial charge is 0.221 e. The molecule has 0 aliphatic heterocycles. The third-order valence-corrected chi connectivity index (χ3v) is 3.66. The van der Waals surface area contributed by atoms with Gasteiger partial charge in [-0.25, -0.2) is 0 Å². The summed E-state index contributed by atoms with van der Waals surface area (Å²) in [5, 5.41) is 0. The Balaban J connectivity index is 0.000000396. The van der Waals surface area contributed by atoms with E-state index in [9.17, 15) is 4.79 Å². The second kappa shape index (κ2) is 4.12. The third kappa shape index (κ3) is 1.72. The first-order chi connectivity index (χ1) is 6.20. The quantitative estimate of drug-likeness (QED) is 0.665. The van der Waals surface area contributed by atoms with Crippen molar-refractivity contribution in [1.29, 1.82) is 0 Å². The number of hydrogen-bond donors (Lipinski definition) is 1. The number of amides is 1. The van der Waals surface area contributed by atoms with Crippen LogP contribution in [0, 0.1) is 23.7 Å². The minimum Gasteiger partial charge on any atom is -0.369 e. The molecule has 0 aromatic carbocycles. The molecule has 2 saturated carbocycles. The molecule has 2 fully saturated rings. The minimum atomic E-state index is -0.0651. The molecule has 0 aromatic rings. The molecule has 0 saturated heterocycles. The molecule has 13 heavy (non-hydrogen) atoms. The fraction of sp³-hybridized carbons (Fsp3) is 0.909. The predicted molar refractivity (Wildman–Crippen MR) is 54.0 cm³/mol. The van der Waals surface area contributed by atoms with Crippen molar-refractivity contribution >= 4 is 5.91 Å². The van der Waals surface area contributed by atoms with Crippen molar-refractivity contribution in [2.45, 2.75) is 40.0 Å². The number of carbonyl (C=O) groups excluding carboxylic acids is 1. The third-order valence-electron chi connectivity index (χ3n) is 3.66. The standard InChI is InChI=1S/C9H15NO.C2H6/c1-5-6-2-3-7(4-6)8(5)9(10)11;1-2/h5-8H,2-4H2,1H3,(H2,10,11);1-2H3. The van der Waals surface area contributed by atoms with E-state index in [1.807, 2.05) is 13.8 Å². The normalized spacial score (nSPS) is 41.2. The van der Waals surface area contributed by atoms with Crippen molar-refractivity contribution in [3.8, 4) is 0 Å². The topological polar surface area (TPSA) is 43.1 Å². The molecular formula is C11H21NO. The Morgan fingerprint density at radius 2 is 1.77 bits per heavy atom. The fourth-order valence-corrected chi connectivity index (χ4v) is 3.07. The number of rotatable bonds is 1. The number of carbonyl (C=O) groups is 1. The lowest BCUT2D eigenvalue weighted by Gasteiger charge is -2.24. The van der Waals surface area contributed by atoms with Gasteiger partial charge in [-0.15, -0.1) is 0 Å². The van der Waals surface area contributed by atoms with Gasteiger partial charge < -0.3 is 5.73 Å². The maximum Gasteiger partial charge on any atom is 0.221 e. The van der Waals surface area contributed by atoms with Crippen LogP contribution in [0.5, 0.6) is 0 Å². The fourth-order valence-electron chi connectivity index (χ4n) is 3.07. The summed E-state index contributed by atoms with van der Waals surface area (Å²) < 4.78 is 0. The van der Waals surface area contributed by atoms with Gasteiger partial charge in [-0.2, -0.15) is 0 Å². The van der Waals surface area contributed by atoms with Crippen LogP contribution in [0.25, 0.3) is 0 Å². The van der Waals surface area contributed by atoms with Gasteiger partial charge in [0, 0.05) is 5.92 Å². The molecular weight excluding hydrogens is 162 g/mol. The largest absolute Gasteiger partial charge is 0.369 e. The Morgan fingerprint density at radius 1 is 1.23 bits per heavy atom. The van der Waals surface area contributed by atoms with Gasteiger partial charge in [0.2, 0.25) is 5.91 Å². The first-order valence-electron chi connectivity index (χ1n) is 5.49. The number of nitrogens with two attached hydrogens (primary N) is 1. The van der Waals surface area contributed by atoms with E-state index in [0.717, 1.165) is 5.92 Å². The Labute approximate surface area is 80.9 Å². The SMILES string of the molecule is CC.CC1C2CCC(C2)C1C(N)=O. The average molecular weight is 183 g/mol. The highest BCUT2D eigenvalue weighted by Crippen LogP contribution is 2.51. The highest BCUT2D eigenvalue weighted by atomic mass is 16.1. The first kappa shape index (κ1) is 10.6. The van der Waals surface area contributed by atoms with Gasteiger partial charge in [-0.3, -0.25) is 4.79 Å². The number of hydrogen-bond acceptors (Lipinski definition) is 1. The van der Waals surface area contributed by atoms with Crippen LogP contribution in [0.15, 0.2) is 0 Å². The average Bonchev–Trinajstić information content (AvgIpc) is 2.66. The highest BCUT2D eigenvalue weighted by molar-refractivity contribution is 5.77. The van der Waals surface area contributed by atoms with Crippen molar-refractivity contribution in [2.75, 3.05) is 0 Å². The zero-order valence-corrected chi connectivity index (χ0v) is 8.92. The lowest BCUT2D eigenvalue weighted by molar-refractivity contribution is -0.124. The molecule has 2 nitrogen and oxygen atoms in total. The van der Waals surface area contributed by atoms with Crippen LogP contribution in [0.2, 0.25) is 0 Å². The van der Waals surface area contributed by atoms with Crippen molar-refractivity contribution in [3.05, 3.63) is 0 Å². The maximum atomic E-state index is 11.0. The van der Waals surface area contributed by atoms with Crippen molar-refractivity contribution in [2.24, 2.45) is 29.4 Å². The number of primary amides is 1. The van der Waals surface area contributed by atoms with E-state index < -0.39 is 0 Å². The minimum absolute atomic E-state index is 0.0651. The molecule has 4 atom stereocenters. The highest BCUT2D eigenvalue weighted by Gasteiger charge is 2.47. The second-order valence-electron chi connectivity index (χ2n) is 4.12. The molecule has 76 valence electrons. The van der Waals surface area contributed by atoms with Crippen LogP contribution < -0.4 is 5.73 Å². The molecule has 2 aliphatic rings. The van der Waals surface area contributed by atoms with Gasteiger partial charge in [0.05, 0.1) is 0 Å². The molecule has 2 N–H and O–H groups in total. The van der Waals surface area contributed by atoms with E-state index >= 15 is 0 Å². The summed E-state index contributed by atoms with van der Waals surface area (Å²) >= 11 is 0. The van der Waals surface area contributed by atoms with E-state index in [0.29, 0.717) is 11.8 Å². The Morgan fingerprint density at radius 3 is 2.08 bits per heavy atom. The van der Waals surface area contributed by atoms with Crippen LogP contribution in [0.1, 0.15) is 40.0 Å². The second-order valence-corrected chi connectivity index (χ2v) is 4.12. The maximum absolute atomic E-state index is 11.0. The van der Waals surface area contributed by atoms with Crippen LogP contribution in [0.3, 0.4) is 0 Å². The molecule has 0 spiro atoms. The van der Waals surface area contributed by atoms with Gasteiger partial charge in [0.1, 0.15) is 0 Å². The van der Waals surface area contributed by atoms with Crippen molar-refractivity contribution in [1.82, 2.24) is 0 Å². The van der Waals surface area contributed by atoms with E-state index in [-0.39, 0.29) is 11.8 Å². The molecule has 0 radical (unpaired) electrons. The van der Waals surface area contributed by atoms with E-state index in [1.54, 1.807) is 0 Å². The van der Waals surface area contributed by atoms with Crippen molar-refractivity contribution in [3.63, 3.8) is 0 Å². The van der Waals surface area contributed by atoms with E-state index in [2.05, 4.69) is 6.92 Å². The van der Waals surface area contributed by atoms with E-state index in [4.69, 9.17) is 5.73 Å². The summed E-state index contributed by atoms with van der Waals surface area (Å²) in [5.41, 5.74) is 5.34. The number of fused-ring (bicyclic) bond motifs is 2. The van der Waals surface area contributed by atoms with Crippen molar-refractivity contribution < 1.29 is 4.79 Å². The molecule has 2 rings (SSSR count). The summed E-state index contributed by atoms with van der Waals surface area (Å²) in [6.45, 7) is 6.18. The lowest BCUT2D eigenvalue weighted by atomic mass is 9.80. The predicted octanol–water partition coefficient (Wildman–Crippen LogP) is 2.18. The molecule has 4 unspecified atom stereocenters. The Kier molecular flexibility index (Phi) is 3.34. The molecule has 2 bridgehead atoms. The van der Waals surface area contributed by atoms with Gasteiger partial charge >= 0.3 is 0 Å². The summed E-state index contributed by atoms with van der Waals surface area (Å²) in [5.74, 6) is 2.13. The van der Waals surface area contributed by atoms with E-state index in [1.165, 1.54) is 19.3 Å².